The fraction of sp³-hybridized carbons (Fsp3) is 0.643. The number of carbonyl (C=O) groups is 1. The molecular formula is C14H24N2OS. The molecule has 2 atom stereocenters. The molecule has 1 amide bonds. The number of amides is 1. The highest BCUT2D eigenvalue weighted by Crippen LogP contribution is 2.22. The molecular weight excluding hydrogens is 244 g/mol. The number of rotatable bonds is 6. The SMILES string of the molecule is CCN(CC)C(=O)C(C)NC(C)c1ccc(C)s1. The minimum Gasteiger partial charge on any atom is -0.342 e. The molecule has 2 unspecified atom stereocenters. The van der Waals surface area contributed by atoms with Crippen LogP contribution in [0.25, 0.3) is 0 Å². The van der Waals surface area contributed by atoms with Crippen molar-refractivity contribution in [3.63, 3.8) is 0 Å². The van der Waals surface area contributed by atoms with Crippen molar-refractivity contribution in [1.29, 1.82) is 0 Å². The van der Waals surface area contributed by atoms with Gasteiger partial charge in [0.1, 0.15) is 0 Å². The van der Waals surface area contributed by atoms with E-state index in [1.54, 1.807) is 11.3 Å². The van der Waals surface area contributed by atoms with Crippen LogP contribution in [0.15, 0.2) is 12.1 Å². The van der Waals surface area contributed by atoms with Crippen molar-refractivity contribution in [3.8, 4) is 0 Å². The molecule has 1 aromatic rings. The second-order valence-corrected chi connectivity index (χ2v) is 5.89. The molecule has 0 spiro atoms. The van der Waals surface area contributed by atoms with E-state index < -0.39 is 0 Å². The summed E-state index contributed by atoms with van der Waals surface area (Å²) in [5.74, 6) is 0.181. The number of hydrogen-bond acceptors (Lipinski definition) is 3. The molecule has 1 N–H and O–H groups in total. The fourth-order valence-corrected chi connectivity index (χ4v) is 2.91. The minimum atomic E-state index is -0.137. The summed E-state index contributed by atoms with van der Waals surface area (Å²) >= 11 is 1.78. The van der Waals surface area contributed by atoms with Gasteiger partial charge in [0.15, 0.2) is 0 Å². The molecule has 0 saturated heterocycles. The number of thiophene rings is 1. The van der Waals surface area contributed by atoms with Gasteiger partial charge in [-0.15, -0.1) is 11.3 Å². The lowest BCUT2D eigenvalue weighted by atomic mass is 10.2. The normalized spacial score (nSPS) is 14.3. The molecule has 0 aliphatic carbocycles. The van der Waals surface area contributed by atoms with Gasteiger partial charge in [0.2, 0.25) is 5.91 Å². The van der Waals surface area contributed by atoms with E-state index >= 15 is 0 Å². The summed E-state index contributed by atoms with van der Waals surface area (Å²) < 4.78 is 0. The van der Waals surface area contributed by atoms with Crippen LogP contribution in [0.5, 0.6) is 0 Å². The zero-order valence-corrected chi connectivity index (χ0v) is 12.8. The van der Waals surface area contributed by atoms with Crippen molar-refractivity contribution in [2.45, 2.75) is 46.7 Å². The molecule has 1 aromatic heterocycles. The molecule has 18 heavy (non-hydrogen) atoms. The summed E-state index contributed by atoms with van der Waals surface area (Å²) in [6, 6.07) is 4.34. The highest BCUT2D eigenvalue weighted by Gasteiger charge is 2.20. The van der Waals surface area contributed by atoms with Crippen LogP contribution in [0.1, 0.15) is 43.5 Å². The van der Waals surface area contributed by atoms with Crippen molar-refractivity contribution < 1.29 is 4.79 Å². The van der Waals surface area contributed by atoms with Crippen LogP contribution >= 0.6 is 11.3 Å². The first-order chi connectivity index (χ1) is 8.49. The van der Waals surface area contributed by atoms with Crippen molar-refractivity contribution in [1.82, 2.24) is 10.2 Å². The molecule has 0 aromatic carbocycles. The van der Waals surface area contributed by atoms with E-state index in [0.717, 1.165) is 13.1 Å². The third-order valence-electron chi connectivity index (χ3n) is 3.13. The van der Waals surface area contributed by atoms with Gasteiger partial charge in [0.05, 0.1) is 6.04 Å². The summed E-state index contributed by atoms with van der Waals surface area (Å²) in [5.41, 5.74) is 0. The van der Waals surface area contributed by atoms with Crippen LogP contribution < -0.4 is 5.32 Å². The Bertz CT molecular complexity index is 385. The summed E-state index contributed by atoms with van der Waals surface area (Å²) in [5, 5.41) is 3.38. The Hall–Kier alpha value is -0.870. The Morgan fingerprint density at radius 2 is 1.94 bits per heavy atom. The Morgan fingerprint density at radius 1 is 1.33 bits per heavy atom. The third-order valence-corrected chi connectivity index (χ3v) is 4.32. The second kappa shape index (κ2) is 6.90. The Kier molecular flexibility index (Phi) is 5.82. The topological polar surface area (TPSA) is 32.3 Å². The number of likely N-dealkylation sites (N-methyl/N-ethyl adjacent to an activating group) is 1. The number of aryl methyl sites for hydroxylation is 1. The molecule has 0 bridgehead atoms. The molecule has 102 valence electrons. The summed E-state index contributed by atoms with van der Waals surface area (Å²) in [6.45, 7) is 11.7. The van der Waals surface area contributed by atoms with E-state index in [-0.39, 0.29) is 18.0 Å². The second-order valence-electron chi connectivity index (χ2n) is 4.57. The monoisotopic (exact) mass is 268 g/mol. The predicted molar refractivity (Wildman–Crippen MR) is 78.0 cm³/mol. The van der Waals surface area contributed by atoms with Gasteiger partial charge < -0.3 is 4.90 Å². The smallest absolute Gasteiger partial charge is 0.239 e. The van der Waals surface area contributed by atoms with Crippen LogP contribution in [-0.4, -0.2) is 29.9 Å². The van der Waals surface area contributed by atoms with Crippen molar-refractivity contribution in [2.24, 2.45) is 0 Å². The predicted octanol–water partition coefficient (Wildman–Crippen LogP) is 2.96. The number of hydrogen-bond donors (Lipinski definition) is 1. The average Bonchev–Trinajstić information content (AvgIpc) is 2.77. The first-order valence-electron chi connectivity index (χ1n) is 6.60. The van der Waals surface area contributed by atoms with Gasteiger partial charge in [-0.2, -0.15) is 0 Å². The van der Waals surface area contributed by atoms with E-state index in [2.05, 4.69) is 31.3 Å². The van der Waals surface area contributed by atoms with Crippen LogP contribution in [-0.2, 0) is 4.79 Å². The van der Waals surface area contributed by atoms with Gasteiger partial charge in [-0.1, -0.05) is 0 Å². The van der Waals surface area contributed by atoms with E-state index in [4.69, 9.17) is 0 Å². The fourth-order valence-electron chi connectivity index (χ4n) is 2.02. The van der Waals surface area contributed by atoms with Gasteiger partial charge in [0.25, 0.3) is 0 Å². The van der Waals surface area contributed by atoms with Crippen LogP contribution in [0.4, 0.5) is 0 Å². The average molecular weight is 268 g/mol. The molecule has 0 fully saturated rings. The van der Waals surface area contributed by atoms with Crippen molar-refractivity contribution in [3.05, 3.63) is 21.9 Å². The van der Waals surface area contributed by atoms with E-state index in [1.165, 1.54) is 9.75 Å². The molecule has 3 nitrogen and oxygen atoms in total. The van der Waals surface area contributed by atoms with Gasteiger partial charge in [0, 0.05) is 28.9 Å². The Balaban J connectivity index is 2.58. The minimum absolute atomic E-state index is 0.137. The number of nitrogens with one attached hydrogen (secondary N) is 1. The van der Waals surface area contributed by atoms with Crippen molar-refractivity contribution in [2.75, 3.05) is 13.1 Å². The maximum absolute atomic E-state index is 12.1. The summed E-state index contributed by atoms with van der Waals surface area (Å²) in [7, 11) is 0. The van der Waals surface area contributed by atoms with Crippen LogP contribution in [0.2, 0.25) is 0 Å². The lowest BCUT2D eigenvalue weighted by Crippen LogP contribution is -2.45. The van der Waals surface area contributed by atoms with E-state index in [1.807, 2.05) is 25.7 Å². The molecule has 0 saturated carbocycles. The molecule has 1 rings (SSSR count). The maximum atomic E-state index is 12.1. The Morgan fingerprint density at radius 3 is 2.39 bits per heavy atom. The number of carbonyl (C=O) groups excluding carboxylic acids is 1. The summed E-state index contributed by atoms with van der Waals surface area (Å²) in [6.07, 6.45) is 0. The molecule has 4 heteroatoms. The summed E-state index contributed by atoms with van der Waals surface area (Å²) in [4.78, 5) is 16.6. The quantitative estimate of drug-likeness (QED) is 0.860. The highest BCUT2D eigenvalue weighted by atomic mass is 32.1. The standard InChI is InChI=1S/C14H24N2OS/c1-6-16(7-2)14(17)12(5)15-11(4)13-9-8-10(3)18-13/h8-9,11-12,15H,6-7H2,1-5H3. The number of nitrogens with zero attached hydrogens (tertiary/aromatic N) is 1. The largest absolute Gasteiger partial charge is 0.342 e. The molecule has 0 aliphatic heterocycles. The highest BCUT2D eigenvalue weighted by molar-refractivity contribution is 7.12. The lowest BCUT2D eigenvalue weighted by molar-refractivity contribution is -0.132. The van der Waals surface area contributed by atoms with Gasteiger partial charge in [-0.3, -0.25) is 10.1 Å². The van der Waals surface area contributed by atoms with E-state index in [0.29, 0.717) is 0 Å². The molecule has 0 radical (unpaired) electrons. The Labute approximate surface area is 114 Å². The molecule has 0 aliphatic rings. The van der Waals surface area contributed by atoms with Crippen molar-refractivity contribution >= 4 is 17.2 Å². The van der Waals surface area contributed by atoms with Gasteiger partial charge >= 0.3 is 0 Å². The lowest BCUT2D eigenvalue weighted by Gasteiger charge is -2.25. The first-order valence-corrected chi connectivity index (χ1v) is 7.42. The van der Waals surface area contributed by atoms with Gasteiger partial charge in [-0.25, -0.2) is 0 Å². The zero-order chi connectivity index (χ0) is 13.7. The van der Waals surface area contributed by atoms with Crippen LogP contribution in [0.3, 0.4) is 0 Å². The first kappa shape index (κ1) is 15.2. The zero-order valence-electron chi connectivity index (χ0n) is 12.0. The van der Waals surface area contributed by atoms with Crippen LogP contribution in [0, 0.1) is 6.92 Å². The maximum Gasteiger partial charge on any atom is 0.239 e. The molecule has 1 heterocycles. The van der Waals surface area contributed by atoms with E-state index in [9.17, 15) is 4.79 Å². The third kappa shape index (κ3) is 3.82. The van der Waals surface area contributed by atoms with Gasteiger partial charge in [-0.05, 0) is 46.8 Å².